The van der Waals surface area contributed by atoms with Crippen molar-refractivity contribution in [3.63, 3.8) is 0 Å². The van der Waals surface area contributed by atoms with Crippen molar-refractivity contribution in [2.24, 2.45) is 11.8 Å². The van der Waals surface area contributed by atoms with Crippen molar-refractivity contribution < 1.29 is 14.4 Å². The van der Waals surface area contributed by atoms with E-state index in [1.54, 1.807) is 4.90 Å². The van der Waals surface area contributed by atoms with E-state index >= 15 is 0 Å². The van der Waals surface area contributed by atoms with E-state index in [1.807, 2.05) is 56.3 Å². The van der Waals surface area contributed by atoms with Crippen LogP contribution in [0.2, 0.25) is 0 Å². The molecule has 2 aromatic rings. The second-order valence-corrected chi connectivity index (χ2v) is 10.8. The molecule has 182 valence electrons. The van der Waals surface area contributed by atoms with Gasteiger partial charge in [-0.05, 0) is 49.8 Å². The van der Waals surface area contributed by atoms with Gasteiger partial charge >= 0.3 is 0 Å². The summed E-state index contributed by atoms with van der Waals surface area (Å²) in [6.45, 7) is 4.02. The normalized spacial score (nSPS) is 30.5. The predicted octanol–water partition coefficient (Wildman–Crippen LogP) is 3.99. The molecular weight excluding hydrogens is 438 g/mol. The maximum atomic E-state index is 14.2. The minimum absolute atomic E-state index is 0.0544. The van der Waals surface area contributed by atoms with Crippen molar-refractivity contribution >= 4 is 23.4 Å². The molecule has 0 bridgehead atoms. The molecule has 35 heavy (non-hydrogen) atoms. The second kappa shape index (κ2) is 8.30. The van der Waals surface area contributed by atoms with E-state index < -0.39 is 17.4 Å². The number of benzene rings is 2. The molecule has 3 fully saturated rings. The zero-order chi connectivity index (χ0) is 24.3. The lowest BCUT2D eigenvalue weighted by Gasteiger charge is -2.32. The van der Waals surface area contributed by atoms with Gasteiger partial charge in [0.15, 0.2) is 0 Å². The predicted molar refractivity (Wildman–Crippen MR) is 134 cm³/mol. The highest BCUT2D eigenvalue weighted by atomic mass is 16.2. The summed E-state index contributed by atoms with van der Waals surface area (Å²) in [4.78, 5) is 43.6. The van der Waals surface area contributed by atoms with Crippen molar-refractivity contribution in [2.75, 3.05) is 5.32 Å². The minimum atomic E-state index is -1.22. The number of hydrogen-bond donors (Lipinski definition) is 2. The summed E-state index contributed by atoms with van der Waals surface area (Å²) in [5.74, 6) is -1.76. The molecule has 3 aliphatic heterocycles. The number of imide groups is 1. The van der Waals surface area contributed by atoms with Gasteiger partial charge in [-0.25, -0.2) is 0 Å². The van der Waals surface area contributed by atoms with Gasteiger partial charge in [0.1, 0.15) is 5.54 Å². The molecule has 6 heteroatoms. The van der Waals surface area contributed by atoms with Gasteiger partial charge in [0.05, 0.1) is 11.8 Å². The van der Waals surface area contributed by atoms with E-state index in [2.05, 4.69) is 10.6 Å². The van der Waals surface area contributed by atoms with Gasteiger partial charge < -0.3 is 5.32 Å². The van der Waals surface area contributed by atoms with Crippen molar-refractivity contribution in [3.8, 4) is 0 Å². The number of rotatable bonds is 3. The molecule has 1 saturated carbocycles. The van der Waals surface area contributed by atoms with Crippen LogP contribution in [0.5, 0.6) is 0 Å². The number of nitrogens with one attached hydrogen (secondary N) is 2. The number of nitrogens with zero attached hydrogens (tertiary/aromatic N) is 1. The van der Waals surface area contributed by atoms with Crippen LogP contribution < -0.4 is 10.6 Å². The molecule has 0 aromatic heterocycles. The molecule has 2 N–H and O–H groups in total. The summed E-state index contributed by atoms with van der Waals surface area (Å²) in [5, 5.41) is 6.68. The molecular formula is C29H33N3O3. The van der Waals surface area contributed by atoms with Crippen LogP contribution in [0.15, 0.2) is 42.5 Å². The number of amides is 3. The molecule has 3 amide bonds. The Hall–Kier alpha value is -2.99. The van der Waals surface area contributed by atoms with E-state index in [1.165, 1.54) is 0 Å². The molecule has 0 radical (unpaired) electrons. The molecule has 1 spiro atoms. The van der Waals surface area contributed by atoms with Crippen molar-refractivity contribution in [2.45, 2.75) is 76.4 Å². The summed E-state index contributed by atoms with van der Waals surface area (Å²) in [6.07, 6.45) is 6.69. The highest BCUT2D eigenvalue weighted by Gasteiger charge is 2.70. The Labute approximate surface area is 206 Å². The first-order valence-electron chi connectivity index (χ1n) is 13.0. The lowest BCUT2D eigenvalue weighted by atomic mass is 9.75. The summed E-state index contributed by atoms with van der Waals surface area (Å²) in [5.41, 5.74) is 3.56. The Morgan fingerprint density at radius 1 is 0.914 bits per heavy atom. The fourth-order valence-electron chi connectivity index (χ4n) is 7.06. The number of aryl methyl sites for hydroxylation is 1. The topological polar surface area (TPSA) is 78.5 Å². The zero-order valence-electron chi connectivity index (χ0n) is 20.5. The highest BCUT2D eigenvalue weighted by Crippen LogP contribution is 2.54. The van der Waals surface area contributed by atoms with Crippen molar-refractivity contribution in [3.05, 3.63) is 64.7 Å². The van der Waals surface area contributed by atoms with Crippen LogP contribution in [-0.2, 0) is 26.3 Å². The molecule has 4 atom stereocenters. The standard InChI is InChI=1S/C29H33N3O3/c1-17-14-15-21-25(18(17)2)30-28(35)29(21)24-23(22(31-29)16-19-10-6-5-7-11-19)26(33)32(27(24)34)20-12-8-3-4-9-13-20/h5-7,10-11,14-15,20,22-24,31H,3-4,8-9,12-13,16H2,1-2H3,(H,30,35)/t22-,23+,24+,29+/m0/s1. The number of likely N-dealkylation sites (tertiary alicyclic amines) is 1. The summed E-state index contributed by atoms with van der Waals surface area (Å²) in [7, 11) is 0. The molecule has 3 heterocycles. The third-order valence-corrected chi connectivity index (χ3v) is 8.94. The van der Waals surface area contributed by atoms with Gasteiger partial charge in [-0.15, -0.1) is 0 Å². The first-order chi connectivity index (χ1) is 16.9. The van der Waals surface area contributed by atoms with Gasteiger partial charge in [0.2, 0.25) is 17.7 Å². The first-order valence-corrected chi connectivity index (χ1v) is 13.0. The Morgan fingerprint density at radius 2 is 1.63 bits per heavy atom. The molecule has 1 aliphatic carbocycles. The monoisotopic (exact) mass is 471 g/mol. The van der Waals surface area contributed by atoms with Crippen LogP contribution in [0, 0.1) is 25.7 Å². The van der Waals surface area contributed by atoms with E-state index in [-0.39, 0.29) is 29.8 Å². The molecule has 4 aliphatic rings. The van der Waals surface area contributed by atoms with Gasteiger partial charge in [-0.1, -0.05) is 68.1 Å². The summed E-state index contributed by atoms with van der Waals surface area (Å²) >= 11 is 0. The fraction of sp³-hybridized carbons (Fsp3) is 0.483. The van der Waals surface area contributed by atoms with Crippen molar-refractivity contribution in [1.29, 1.82) is 0 Å². The van der Waals surface area contributed by atoms with Gasteiger partial charge in [0, 0.05) is 23.3 Å². The Bertz CT molecular complexity index is 1200. The molecule has 6 nitrogen and oxygen atoms in total. The third-order valence-electron chi connectivity index (χ3n) is 8.94. The first kappa shape index (κ1) is 22.5. The van der Waals surface area contributed by atoms with Gasteiger partial charge in [-0.2, -0.15) is 0 Å². The largest absolute Gasteiger partial charge is 0.324 e. The second-order valence-electron chi connectivity index (χ2n) is 10.8. The smallest absolute Gasteiger partial charge is 0.250 e. The molecule has 6 rings (SSSR count). The van der Waals surface area contributed by atoms with Crippen molar-refractivity contribution in [1.82, 2.24) is 10.2 Å². The van der Waals surface area contributed by atoms with E-state index in [9.17, 15) is 14.4 Å². The number of fused-ring (bicyclic) bond motifs is 4. The summed E-state index contributed by atoms with van der Waals surface area (Å²) < 4.78 is 0. The number of carbonyl (C=O) groups is 3. The number of hydrogen-bond acceptors (Lipinski definition) is 4. The quantitative estimate of drug-likeness (QED) is 0.524. The Balaban J connectivity index is 1.47. The zero-order valence-corrected chi connectivity index (χ0v) is 20.5. The Morgan fingerprint density at radius 3 is 2.34 bits per heavy atom. The van der Waals surface area contributed by atoms with Crippen LogP contribution in [0.25, 0.3) is 0 Å². The van der Waals surface area contributed by atoms with Crippen LogP contribution in [0.1, 0.15) is 60.8 Å². The SMILES string of the molecule is Cc1ccc2c(c1C)NC(=O)[C@@]21N[C@@H](Cc2ccccc2)[C@H]2C(=O)N(C3CCCCCC3)C(=O)[C@@H]21. The lowest BCUT2D eigenvalue weighted by molar-refractivity contribution is -0.145. The maximum Gasteiger partial charge on any atom is 0.250 e. The molecule has 2 saturated heterocycles. The molecule has 2 aromatic carbocycles. The van der Waals surface area contributed by atoms with Gasteiger partial charge in [0.25, 0.3) is 0 Å². The van der Waals surface area contributed by atoms with E-state index in [0.717, 1.165) is 66.5 Å². The third kappa shape index (κ3) is 3.22. The molecule has 0 unspecified atom stereocenters. The lowest BCUT2D eigenvalue weighted by Crippen LogP contribution is -2.54. The minimum Gasteiger partial charge on any atom is -0.324 e. The van der Waals surface area contributed by atoms with Crippen LogP contribution in [0.4, 0.5) is 5.69 Å². The maximum absolute atomic E-state index is 14.2. The fourth-order valence-corrected chi connectivity index (χ4v) is 7.06. The number of carbonyl (C=O) groups excluding carboxylic acids is 3. The van der Waals surface area contributed by atoms with Crippen LogP contribution in [0.3, 0.4) is 0 Å². The number of anilines is 1. The highest BCUT2D eigenvalue weighted by molar-refractivity contribution is 6.15. The van der Waals surface area contributed by atoms with Crippen LogP contribution >= 0.6 is 0 Å². The van der Waals surface area contributed by atoms with Gasteiger partial charge in [-0.3, -0.25) is 24.6 Å². The average Bonchev–Trinajstić information content (AvgIpc) is 3.31. The Kier molecular flexibility index (Phi) is 5.33. The van der Waals surface area contributed by atoms with Crippen LogP contribution in [-0.4, -0.2) is 34.7 Å². The average molecular weight is 472 g/mol. The summed E-state index contributed by atoms with van der Waals surface area (Å²) in [6, 6.07) is 13.7. The van der Waals surface area contributed by atoms with E-state index in [0.29, 0.717) is 6.42 Å². The van der Waals surface area contributed by atoms with E-state index in [4.69, 9.17) is 0 Å².